The minimum absolute atomic E-state index is 0.200. The molecule has 0 atom stereocenters. The van der Waals surface area contributed by atoms with E-state index < -0.39 is 11.6 Å². The highest BCUT2D eigenvalue weighted by molar-refractivity contribution is 5.86. The largest absolute Gasteiger partial charge is 0.460 e. The summed E-state index contributed by atoms with van der Waals surface area (Å²) in [4.78, 5) is 11.2. The smallest absolute Gasteiger partial charge is 0.333 e. The average molecular weight is 593 g/mol. The fourth-order valence-electron chi connectivity index (χ4n) is 4.32. The molecule has 0 radical (unpaired) electrons. The summed E-state index contributed by atoms with van der Waals surface area (Å²) in [7, 11) is 0. The number of rotatable bonds is 23. The van der Waals surface area contributed by atoms with Gasteiger partial charge in [0.25, 0.3) is 0 Å². The van der Waals surface area contributed by atoms with Gasteiger partial charge in [0, 0.05) is 5.57 Å². The number of carbonyl (C=O) groups excluding carboxylic acids is 1. The molecule has 0 N–H and O–H groups in total. The van der Waals surface area contributed by atoms with Gasteiger partial charge in [0.05, 0.1) is 72.7 Å². The van der Waals surface area contributed by atoms with E-state index in [1.165, 1.54) is 0 Å². The summed E-state index contributed by atoms with van der Waals surface area (Å²) in [5, 5.41) is 0. The van der Waals surface area contributed by atoms with Crippen LogP contribution in [0.3, 0.4) is 0 Å². The van der Waals surface area contributed by atoms with Crippen molar-refractivity contribution in [3.63, 3.8) is 0 Å². The Morgan fingerprint density at radius 1 is 0.512 bits per heavy atom. The molecule has 0 aromatic heterocycles. The van der Waals surface area contributed by atoms with Crippen LogP contribution in [0.5, 0.6) is 0 Å². The highest BCUT2D eigenvalue weighted by Crippen LogP contribution is 2.40. The molecule has 0 aliphatic heterocycles. The zero-order chi connectivity index (χ0) is 30.4. The van der Waals surface area contributed by atoms with Crippen LogP contribution in [0.1, 0.15) is 23.6 Å². The fraction of sp³-hybridized carbons (Fsp3) is 0.400. The summed E-state index contributed by atoms with van der Waals surface area (Å²) < 4.78 is 39.4. The first-order chi connectivity index (χ1) is 21.1. The Labute approximate surface area is 255 Å². The van der Waals surface area contributed by atoms with E-state index in [-0.39, 0.29) is 6.61 Å². The van der Waals surface area contributed by atoms with Gasteiger partial charge in [-0.05, 0) is 23.6 Å². The van der Waals surface area contributed by atoms with Crippen molar-refractivity contribution in [2.45, 2.75) is 12.5 Å². The van der Waals surface area contributed by atoms with E-state index in [2.05, 4.69) is 43.0 Å². The molecule has 8 nitrogen and oxygen atoms in total. The fourth-order valence-corrected chi connectivity index (χ4v) is 4.32. The van der Waals surface area contributed by atoms with Crippen LogP contribution in [0.15, 0.2) is 103 Å². The topological polar surface area (TPSA) is 81.7 Å². The van der Waals surface area contributed by atoms with Crippen LogP contribution in [0.4, 0.5) is 0 Å². The quantitative estimate of drug-likeness (QED) is 0.0644. The standard InChI is InChI=1S/C35H44O8/c1-30(2)34(36)42-28-26-40-24-22-38-20-18-37-19-21-39-23-25-41-27-29-43-35(31-12-6-3-7-13-31,32-14-8-4-9-15-32)33-16-10-5-11-17-33/h3-17H,1,18-29H2,2H3. The molecular weight excluding hydrogens is 548 g/mol. The lowest BCUT2D eigenvalue weighted by molar-refractivity contribution is -0.140. The molecular formula is C35H44O8. The molecule has 0 heterocycles. The van der Waals surface area contributed by atoms with Gasteiger partial charge in [-0.1, -0.05) is 97.6 Å². The highest BCUT2D eigenvalue weighted by Gasteiger charge is 2.37. The number of esters is 1. The van der Waals surface area contributed by atoms with Gasteiger partial charge < -0.3 is 33.2 Å². The second kappa shape index (κ2) is 20.5. The first-order valence-electron chi connectivity index (χ1n) is 14.7. The van der Waals surface area contributed by atoms with Crippen molar-refractivity contribution in [2.24, 2.45) is 0 Å². The zero-order valence-electron chi connectivity index (χ0n) is 25.1. The second-order valence-electron chi connectivity index (χ2n) is 9.61. The van der Waals surface area contributed by atoms with Crippen LogP contribution in [-0.2, 0) is 43.6 Å². The molecule has 8 heteroatoms. The summed E-state index contributed by atoms with van der Waals surface area (Å²) >= 11 is 0. The lowest BCUT2D eigenvalue weighted by Gasteiger charge is -2.36. The van der Waals surface area contributed by atoms with Gasteiger partial charge in [-0.15, -0.1) is 0 Å². The number of ether oxygens (including phenoxy) is 7. The lowest BCUT2D eigenvalue weighted by Crippen LogP contribution is -2.34. The third-order valence-electron chi connectivity index (χ3n) is 6.38. The molecule has 43 heavy (non-hydrogen) atoms. The van der Waals surface area contributed by atoms with E-state index in [0.29, 0.717) is 78.2 Å². The Kier molecular flexibility index (Phi) is 16.3. The zero-order valence-corrected chi connectivity index (χ0v) is 25.1. The van der Waals surface area contributed by atoms with E-state index in [1.54, 1.807) is 6.92 Å². The molecule has 0 fully saturated rings. The van der Waals surface area contributed by atoms with E-state index in [4.69, 9.17) is 33.2 Å². The normalized spacial score (nSPS) is 11.4. The summed E-state index contributed by atoms with van der Waals surface area (Å²) in [6.45, 7) is 10.2. The summed E-state index contributed by atoms with van der Waals surface area (Å²) in [5.74, 6) is -0.410. The number of hydrogen-bond acceptors (Lipinski definition) is 8. The molecule has 0 bridgehead atoms. The molecule has 0 amide bonds. The summed E-state index contributed by atoms with van der Waals surface area (Å²) in [5.41, 5.74) is 2.81. The van der Waals surface area contributed by atoms with Crippen molar-refractivity contribution in [1.82, 2.24) is 0 Å². The number of benzene rings is 3. The molecule has 3 aromatic rings. The van der Waals surface area contributed by atoms with E-state index in [1.807, 2.05) is 54.6 Å². The maximum atomic E-state index is 11.2. The Hall–Kier alpha value is -3.37. The van der Waals surface area contributed by atoms with Crippen LogP contribution in [0.2, 0.25) is 0 Å². The lowest BCUT2D eigenvalue weighted by atomic mass is 9.80. The van der Waals surface area contributed by atoms with Crippen molar-refractivity contribution < 1.29 is 38.0 Å². The van der Waals surface area contributed by atoms with E-state index in [0.717, 1.165) is 16.7 Å². The van der Waals surface area contributed by atoms with Gasteiger partial charge in [0.15, 0.2) is 0 Å². The minimum atomic E-state index is -0.751. The van der Waals surface area contributed by atoms with Gasteiger partial charge >= 0.3 is 5.97 Å². The molecule has 3 aromatic carbocycles. The summed E-state index contributed by atoms with van der Waals surface area (Å²) in [6, 6.07) is 30.9. The van der Waals surface area contributed by atoms with Crippen LogP contribution in [0.25, 0.3) is 0 Å². The van der Waals surface area contributed by atoms with Crippen molar-refractivity contribution in [3.05, 3.63) is 120 Å². The first-order valence-corrected chi connectivity index (χ1v) is 14.7. The van der Waals surface area contributed by atoms with Gasteiger partial charge in [-0.25, -0.2) is 4.79 Å². The van der Waals surface area contributed by atoms with Crippen LogP contribution < -0.4 is 0 Å². The molecule has 232 valence electrons. The third kappa shape index (κ3) is 12.0. The van der Waals surface area contributed by atoms with Crippen molar-refractivity contribution in [1.29, 1.82) is 0 Å². The van der Waals surface area contributed by atoms with Crippen molar-refractivity contribution in [2.75, 3.05) is 79.3 Å². The Balaban J connectivity index is 1.26. The third-order valence-corrected chi connectivity index (χ3v) is 6.38. The SMILES string of the molecule is C=C(C)C(=O)OCCOCCOCCOCCOCCOCCOC(c1ccccc1)(c1ccccc1)c1ccccc1. The summed E-state index contributed by atoms with van der Waals surface area (Å²) in [6.07, 6.45) is 0. The molecule has 0 saturated heterocycles. The highest BCUT2D eigenvalue weighted by atomic mass is 16.6. The molecule has 0 spiro atoms. The molecule has 0 aliphatic rings. The van der Waals surface area contributed by atoms with Crippen molar-refractivity contribution in [3.8, 4) is 0 Å². The van der Waals surface area contributed by atoms with Crippen LogP contribution in [-0.4, -0.2) is 85.3 Å². The predicted molar refractivity (Wildman–Crippen MR) is 165 cm³/mol. The Bertz CT molecular complexity index is 1060. The van der Waals surface area contributed by atoms with Crippen LogP contribution >= 0.6 is 0 Å². The van der Waals surface area contributed by atoms with Gasteiger partial charge in [-0.2, -0.15) is 0 Å². The van der Waals surface area contributed by atoms with Gasteiger partial charge in [-0.3, -0.25) is 0 Å². The molecule has 3 rings (SSSR count). The Morgan fingerprint density at radius 2 is 0.814 bits per heavy atom. The maximum absolute atomic E-state index is 11.2. The first kappa shape index (κ1) is 34.1. The average Bonchev–Trinajstić information content (AvgIpc) is 3.05. The van der Waals surface area contributed by atoms with E-state index in [9.17, 15) is 4.79 Å². The molecule has 0 unspecified atom stereocenters. The Morgan fingerprint density at radius 3 is 1.14 bits per heavy atom. The monoisotopic (exact) mass is 592 g/mol. The molecule has 0 saturated carbocycles. The molecule has 0 aliphatic carbocycles. The minimum Gasteiger partial charge on any atom is -0.460 e. The van der Waals surface area contributed by atoms with Gasteiger partial charge in [0.1, 0.15) is 12.2 Å². The van der Waals surface area contributed by atoms with Crippen molar-refractivity contribution >= 4 is 5.97 Å². The second-order valence-corrected chi connectivity index (χ2v) is 9.61. The predicted octanol–water partition coefficient (Wildman–Crippen LogP) is 5.20. The van der Waals surface area contributed by atoms with Crippen LogP contribution in [0, 0.1) is 0 Å². The van der Waals surface area contributed by atoms with Gasteiger partial charge in [0.2, 0.25) is 0 Å². The van der Waals surface area contributed by atoms with E-state index >= 15 is 0 Å². The number of carbonyl (C=O) groups is 1. The maximum Gasteiger partial charge on any atom is 0.333 e. The number of hydrogen-bond donors (Lipinski definition) is 0.